The number of ketones is 1. The molecule has 1 unspecified atom stereocenters. The van der Waals surface area contributed by atoms with E-state index in [1.807, 2.05) is 37.5 Å². The highest BCUT2D eigenvalue weighted by molar-refractivity contribution is 6.30. The first-order valence-electron chi connectivity index (χ1n) is 6.49. The van der Waals surface area contributed by atoms with Crippen LogP contribution in [0.3, 0.4) is 0 Å². The number of benzene rings is 1. The quantitative estimate of drug-likeness (QED) is 0.609. The number of hydrogen-bond acceptors (Lipinski definition) is 1. The molecule has 0 N–H and O–H groups in total. The third-order valence-electron chi connectivity index (χ3n) is 3.65. The molecule has 0 aliphatic rings. The fourth-order valence-electron chi connectivity index (χ4n) is 2.68. The summed E-state index contributed by atoms with van der Waals surface area (Å²) in [5, 5.41) is 0. The molecule has 0 saturated heterocycles. The summed E-state index contributed by atoms with van der Waals surface area (Å²) in [5.41, 5.74) is 2.97. The second kappa shape index (κ2) is 5.80. The van der Waals surface area contributed by atoms with E-state index >= 15 is 0 Å². The van der Waals surface area contributed by atoms with E-state index < -0.39 is 0 Å². The molecule has 2 aromatic rings. The average molecular weight is 294 g/mol. The molecule has 1 heterocycles. The molecule has 0 fully saturated rings. The molecular weight excluding hydrogens is 277 g/mol. The Kier molecular flexibility index (Phi) is 4.29. The minimum atomic E-state index is -0.238. The maximum Gasteiger partial charge on any atom is 0.179 e. The highest BCUT2D eigenvalue weighted by atomic mass is 35.5. The lowest BCUT2D eigenvalue weighted by Gasteiger charge is -2.19. The van der Waals surface area contributed by atoms with Crippen LogP contribution in [0, 0.1) is 19.7 Å². The lowest BCUT2D eigenvalue weighted by Crippen LogP contribution is -2.12. The van der Waals surface area contributed by atoms with Gasteiger partial charge in [0.2, 0.25) is 0 Å². The Labute approximate surface area is 123 Å². The zero-order chi connectivity index (χ0) is 14.9. The second-order valence-corrected chi connectivity index (χ2v) is 5.18. The number of nitrogens with zero attached hydrogens (tertiary/aromatic N) is 1. The fraction of sp³-hybridized carbons (Fsp3) is 0.312. The van der Waals surface area contributed by atoms with E-state index in [1.165, 1.54) is 6.07 Å². The van der Waals surface area contributed by atoms with Crippen LogP contribution in [-0.4, -0.2) is 16.2 Å². The minimum Gasteiger partial charge on any atom is -0.341 e. The minimum absolute atomic E-state index is 0.0433. The molecule has 0 spiro atoms. The first-order valence-corrected chi connectivity index (χ1v) is 7.02. The van der Waals surface area contributed by atoms with E-state index in [-0.39, 0.29) is 23.5 Å². The Morgan fingerprint density at radius 2 is 2.00 bits per heavy atom. The van der Waals surface area contributed by atoms with Crippen molar-refractivity contribution in [3.63, 3.8) is 0 Å². The Balaban J connectivity index is 2.51. The van der Waals surface area contributed by atoms with Gasteiger partial charge < -0.3 is 4.57 Å². The first kappa shape index (κ1) is 14.8. The van der Waals surface area contributed by atoms with Gasteiger partial charge in [-0.25, -0.2) is 4.39 Å². The van der Waals surface area contributed by atoms with Crippen LogP contribution in [0.15, 0.2) is 30.3 Å². The van der Waals surface area contributed by atoms with E-state index in [0.29, 0.717) is 11.1 Å². The van der Waals surface area contributed by atoms with Crippen LogP contribution >= 0.6 is 11.6 Å². The maximum atomic E-state index is 13.9. The van der Waals surface area contributed by atoms with Gasteiger partial charge in [-0.15, -0.1) is 11.6 Å². The molecule has 1 aromatic heterocycles. The molecule has 1 atom stereocenters. The molecule has 0 amide bonds. The average Bonchev–Trinajstić information content (AvgIpc) is 2.73. The third kappa shape index (κ3) is 2.50. The highest BCUT2D eigenvalue weighted by Gasteiger charge is 2.20. The van der Waals surface area contributed by atoms with Gasteiger partial charge in [-0.2, -0.15) is 0 Å². The van der Waals surface area contributed by atoms with Crippen molar-refractivity contribution in [2.45, 2.75) is 26.8 Å². The standard InChI is InChI=1S/C16H17ClFNO/c1-10-8-14(16(20)9-17)12(3)19(10)11(2)13-6-4-5-7-15(13)18/h4-8,11H,9H2,1-3H3. The van der Waals surface area contributed by atoms with Gasteiger partial charge in [0, 0.05) is 22.5 Å². The van der Waals surface area contributed by atoms with Crippen molar-refractivity contribution in [1.82, 2.24) is 4.57 Å². The molecule has 2 rings (SSSR count). The van der Waals surface area contributed by atoms with Gasteiger partial charge in [-0.1, -0.05) is 18.2 Å². The van der Waals surface area contributed by atoms with Gasteiger partial charge >= 0.3 is 0 Å². The van der Waals surface area contributed by atoms with Gasteiger partial charge in [-0.3, -0.25) is 4.79 Å². The summed E-state index contributed by atoms with van der Waals surface area (Å²) in [6, 6.07) is 8.34. The van der Waals surface area contributed by atoms with Crippen LogP contribution in [0.1, 0.15) is 40.3 Å². The summed E-state index contributed by atoms with van der Waals surface area (Å²) < 4.78 is 15.9. The monoisotopic (exact) mass is 293 g/mol. The number of Topliss-reactive ketones (excluding diaryl/α,β-unsaturated/α-hetero) is 1. The molecule has 106 valence electrons. The molecular formula is C16H17ClFNO. The number of alkyl halides is 1. The number of rotatable bonds is 4. The van der Waals surface area contributed by atoms with Crippen LogP contribution in [0.4, 0.5) is 4.39 Å². The van der Waals surface area contributed by atoms with Crippen molar-refractivity contribution in [1.29, 1.82) is 0 Å². The van der Waals surface area contributed by atoms with Gasteiger partial charge in [0.1, 0.15) is 5.82 Å². The largest absolute Gasteiger partial charge is 0.341 e. The predicted molar refractivity (Wildman–Crippen MR) is 79.2 cm³/mol. The molecule has 0 aliphatic heterocycles. The van der Waals surface area contributed by atoms with Gasteiger partial charge in [0.25, 0.3) is 0 Å². The molecule has 0 bridgehead atoms. The first-order chi connectivity index (χ1) is 9.47. The van der Waals surface area contributed by atoms with E-state index in [0.717, 1.165) is 11.4 Å². The number of halogens is 2. The van der Waals surface area contributed by atoms with Crippen LogP contribution in [-0.2, 0) is 0 Å². The molecule has 0 aliphatic carbocycles. The lowest BCUT2D eigenvalue weighted by atomic mass is 10.1. The summed E-state index contributed by atoms with van der Waals surface area (Å²) in [4.78, 5) is 11.8. The van der Waals surface area contributed by atoms with E-state index in [1.54, 1.807) is 12.1 Å². The Morgan fingerprint density at radius 1 is 1.35 bits per heavy atom. The Hall–Kier alpha value is -1.61. The van der Waals surface area contributed by atoms with E-state index in [2.05, 4.69) is 0 Å². The number of carbonyl (C=O) groups is 1. The third-order valence-corrected chi connectivity index (χ3v) is 3.89. The highest BCUT2D eigenvalue weighted by Crippen LogP contribution is 2.27. The van der Waals surface area contributed by atoms with Crippen LogP contribution in [0.25, 0.3) is 0 Å². The molecule has 0 saturated carbocycles. The second-order valence-electron chi connectivity index (χ2n) is 4.91. The van der Waals surface area contributed by atoms with Crippen LogP contribution in [0.2, 0.25) is 0 Å². The van der Waals surface area contributed by atoms with Gasteiger partial charge in [0.15, 0.2) is 5.78 Å². The summed E-state index contributed by atoms with van der Waals surface area (Å²) in [7, 11) is 0. The normalized spacial score (nSPS) is 12.4. The predicted octanol–water partition coefficient (Wildman–Crippen LogP) is 4.27. The lowest BCUT2D eigenvalue weighted by molar-refractivity contribution is 0.102. The molecule has 1 aromatic carbocycles. The van der Waals surface area contributed by atoms with E-state index in [9.17, 15) is 9.18 Å². The van der Waals surface area contributed by atoms with Crippen LogP contribution in [0.5, 0.6) is 0 Å². The molecule has 0 radical (unpaired) electrons. The fourth-order valence-corrected chi connectivity index (χ4v) is 2.82. The number of hydrogen-bond donors (Lipinski definition) is 0. The molecule has 2 nitrogen and oxygen atoms in total. The summed E-state index contributed by atoms with van der Waals surface area (Å²) in [6.07, 6.45) is 0. The van der Waals surface area contributed by atoms with Crippen LogP contribution < -0.4 is 0 Å². The zero-order valence-corrected chi connectivity index (χ0v) is 12.5. The summed E-state index contributed by atoms with van der Waals surface area (Å²) >= 11 is 5.62. The van der Waals surface area contributed by atoms with Gasteiger partial charge in [-0.05, 0) is 32.9 Å². The number of aryl methyl sites for hydroxylation is 1. The maximum absolute atomic E-state index is 13.9. The van der Waals surface area contributed by atoms with Crippen molar-refractivity contribution in [2.75, 3.05) is 5.88 Å². The SMILES string of the molecule is Cc1cc(C(=O)CCl)c(C)n1C(C)c1ccccc1F. The van der Waals surface area contributed by atoms with Gasteiger partial charge in [0.05, 0.1) is 11.9 Å². The van der Waals surface area contributed by atoms with Crippen molar-refractivity contribution in [3.8, 4) is 0 Å². The Morgan fingerprint density at radius 3 is 2.60 bits per heavy atom. The summed E-state index contributed by atoms with van der Waals surface area (Å²) in [6.45, 7) is 5.70. The number of carbonyl (C=O) groups excluding carboxylic acids is 1. The van der Waals surface area contributed by atoms with Crippen molar-refractivity contribution < 1.29 is 9.18 Å². The summed E-state index contributed by atoms with van der Waals surface area (Å²) in [5.74, 6) is -0.386. The van der Waals surface area contributed by atoms with E-state index in [4.69, 9.17) is 11.6 Å². The van der Waals surface area contributed by atoms with Crippen molar-refractivity contribution in [3.05, 3.63) is 58.7 Å². The van der Waals surface area contributed by atoms with Crippen molar-refractivity contribution in [2.24, 2.45) is 0 Å². The molecule has 4 heteroatoms. The molecule has 20 heavy (non-hydrogen) atoms. The van der Waals surface area contributed by atoms with Crippen molar-refractivity contribution >= 4 is 17.4 Å². The zero-order valence-electron chi connectivity index (χ0n) is 11.8. The smallest absolute Gasteiger partial charge is 0.179 e. The Bertz CT molecular complexity index is 648. The topological polar surface area (TPSA) is 22.0 Å². The number of aromatic nitrogens is 1.